The Labute approximate surface area is 192 Å². The topological polar surface area (TPSA) is 83.4 Å². The van der Waals surface area contributed by atoms with Crippen LogP contribution in [0.3, 0.4) is 0 Å². The molecule has 0 aliphatic heterocycles. The molecule has 2 aromatic rings. The Bertz CT molecular complexity index is 624. The Morgan fingerprint density at radius 2 is 1.10 bits per heavy atom. The van der Waals surface area contributed by atoms with Crippen molar-refractivity contribution in [2.75, 3.05) is 0 Å². The van der Waals surface area contributed by atoms with Gasteiger partial charge in [0.2, 0.25) is 0 Å². The van der Waals surface area contributed by atoms with Gasteiger partial charge in [-0.3, -0.25) is 0 Å². The van der Waals surface area contributed by atoms with Crippen molar-refractivity contribution >= 4 is 32.9 Å². The standard InChI is InChI=1S/C10H15OP.C10H14OP.C2H4O2.Pt/c2*1-10(2,3)12(11)9-7-5-4-6-8-9;1-2(3)4;/h4-8,11H,1-3H3;4-8H,1-3H3;1H3,(H,3,4);/q;-1;;+2/p-1. The van der Waals surface area contributed by atoms with Crippen molar-refractivity contribution in [1.82, 2.24) is 0 Å². The first-order valence-electron chi connectivity index (χ1n) is 9.01. The summed E-state index contributed by atoms with van der Waals surface area (Å²) in [6.07, 6.45) is 0. The van der Waals surface area contributed by atoms with E-state index in [2.05, 4.69) is 20.8 Å². The van der Waals surface area contributed by atoms with Crippen molar-refractivity contribution < 1.29 is 40.8 Å². The summed E-state index contributed by atoms with van der Waals surface area (Å²) < 4.78 is 0. The molecule has 2 aromatic carbocycles. The molecule has 4 nitrogen and oxygen atoms in total. The van der Waals surface area contributed by atoms with Gasteiger partial charge < -0.3 is 19.7 Å². The van der Waals surface area contributed by atoms with Crippen molar-refractivity contribution in [3.63, 3.8) is 0 Å². The average molecular weight is 618 g/mol. The number of rotatable bonds is 2. The number of carboxylic acids is 1. The van der Waals surface area contributed by atoms with Gasteiger partial charge in [-0.25, -0.2) is 0 Å². The number of carbonyl (C=O) groups is 1. The minimum Gasteiger partial charge on any atom is -0.826 e. The van der Waals surface area contributed by atoms with E-state index in [-0.39, 0.29) is 31.4 Å². The van der Waals surface area contributed by atoms with E-state index in [9.17, 15) is 9.79 Å². The second-order valence-corrected chi connectivity index (χ2v) is 13.0. The fraction of sp³-hybridized carbons (Fsp3) is 0.409. The molecule has 0 radical (unpaired) electrons. The molecule has 0 saturated heterocycles. The van der Waals surface area contributed by atoms with E-state index in [1.807, 2.05) is 81.4 Å². The number of hydrogen-bond donors (Lipinski definition) is 1. The summed E-state index contributed by atoms with van der Waals surface area (Å²) >= 11 is 0. The van der Waals surface area contributed by atoms with Crippen molar-refractivity contribution in [2.24, 2.45) is 0 Å². The smallest absolute Gasteiger partial charge is 0.826 e. The summed E-state index contributed by atoms with van der Waals surface area (Å²) in [6.45, 7) is 13.2. The van der Waals surface area contributed by atoms with Crippen LogP contribution in [-0.2, 0) is 25.9 Å². The van der Waals surface area contributed by atoms with E-state index in [1.54, 1.807) is 0 Å². The fourth-order valence-corrected chi connectivity index (χ4v) is 4.35. The van der Waals surface area contributed by atoms with E-state index >= 15 is 0 Å². The molecule has 0 saturated carbocycles. The summed E-state index contributed by atoms with van der Waals surface area (Å²) in [5.41, 5.74) is 0. The molecular weight excluding hydrogens is 585 g/mol. The Balaban J connectivity index is 0. The Kier molecular flexibility index (Phi) is 15.2. The zero-order valence-corrected chi connectivity index (χ0v) is 22.2. The summed E-state index contributed by atoms with van der Waals surface area (Å²) in [5.74, 6) is -1.08. The molecule has 1 N–H and O–H groups in total. The van der Waals surface area contributed by atoms with Gasteiger partial charge >= 0.3 is 21.1 Å². The number of aliphatic carboxylic acids is 1. The van der Waals surface area contributed by atoms with Crippen LogP contribution in [0.5, 0.6) is 0 Å². The predicted octanol–water partition coefficient (Wildman–Crippen LogP) is 3.12. The van der Waals surface area contributed by atoms with Gasteiger partial charge in [-0.05, 0) is 17.4 Å². The first kappa shape index (κ1) is 30.6. The van der Waals surface area contributed by atoms with Crippen LogP contribution in [0.2, 0.25) is 0 Å². The molecule has 2 unspecified atom stereocenters. The van der Waals surface area contributed by atoms with Gasteiger partial charge in [0.25, 0.3) is 0 Å². The summed E-state index contributed by atoms with van der Waals surface area (Å²) in [4.78, 5) is 30.6. The molecule has 164 valence electrons. The third kappa shape index (κ3) is 14.1. The van der Waals surface area contributed by atoms with Gasteiger partial charge in [0.15, 0.2) is 0 Å². The van der Waals surface area contributed by atoms with E-state index in [0.717, 1.165) is 17.5 Å². The maximum absolute atomic E-state index is 11.8. The van der Waals surface area contributed by atoms with Crippen molar-refractivity contribution in [1.29, 1.82) is 0 Å². The first-order valence-corrected chi connectivity index (χ1v) is 11.6. The van der Waals surface area contributed by atoms with E-state index < -0.39 is 22.3 Å². The average Bonchev–Trinajstić information content (AvgIpc) is 2.60. The monoisotopic (exact) mass is 617 g/mol. The number of carbonyl (C=O) groups excluding carboxylic acids is 1. The Hall–Kier alpha value is -0.622. The third-order valence-corrected chi connectivity index (χ3v) is 7.28. The van der Waals surface area contributed by atoms with Gasteiger partial charge in [0.05, 0.1) is 8.15 Å². The quantitative estimate of drug-likeness (QED) is 0.526. The van der Waals surface area contributed by atoms with Crippen LogP contribution in [-0.4, -0.2) is 21.2 Å². The van der Waals surface area contributed by atoms with Gasteiger partial charge in [-0.2, -0.15) is 8.15 Å². The molecule has 0 fully saturated rings. The Morgan fingerprint density at radius 3 is 1.38 bits per heavy atom. The van der Waals surface area contributed by atoms with Gasteiger partial charge in [-0.1, -0.05) is 102 Å². The van der Waals surface area contributed by atoms with Crippen LogP contribution in [0, 0.1) is 0 Å². The molecular formula is C22H32O4P2Pt. The maximum Gasteiger partial charge on any atom is 2.00 e. The largest absolute Gasteiger partial charge is 2.00 e. The second kappa shape index (κ2) is 14.4. The Morgan fingerprint density at radius 1 is 0.793 bits per heavy atom. The number of benzene rings is 2. The van der Waals surface area contributed by atoms with Crippen LogP contribution in [0.25, 0.3) is 0 Å². The van der Waals surface area contributed by atoms with E-state index in [0.29, 0.717) is 0 Å². The first-order chi connectivity index (χ1) is 12.8. The second-order valence-electron chi connectivity index (χ2n) is 8.11. The van der Waals surface area contributed by atoms with Crippen molar-refractivity contribution in [3.05, 3.63) is 60.7 Å². The molecule has 0 heterocycles. The number of carboxylic acid groups (broad SMARTS) is 1. The van der Waals surface area contributed by atoms with Crippen molar-refractivity contribution in [2.45, 2.75) is 58.8 Å². The van der Waals surface area contributed by atoms with E-state index in [4.69, 9.17) is 9.90 Å². The zero-order valence-electron chi connectivity index (χ0n) is 18.2. The minimum absolute atomic E-state index is 0. The molecule has 7 heteroatoms. The zero-order chi connectivity index (χ0) is 22.0. The van der Waals surface area contributed by atoms with Crippen molar-refractivity contribution in [3.8, 4) is 0 Å². The van der Waals surface area contributed by atoms with Crippen LogP contribution < -0.4 is 20.6 Å². The normalized spacial score (nSPS) is 12.7. The van der Waals surface area contributed by atoms with Crippen LogP contribution in [0.1, 0.15) is 48.5 Å². The van der Waals surface area contributed by atoms with Crippen LogP contribution >= 0.6 is 16.3 Å². The molecule has 29 heavy (non-hydrogen) atoms. The molecule has 2 rings (SSSR count). The molecule has 0 aliphatic carbocycles. The molecule has 0 spiro atoms. The van der Waals surface area contributed by atoms with Gasteiger partial charge in [-0.15, -0.1) is 0 Å². The van der Waals surface area contributed by atoms with Gasteiger partial charge in [0.1, 0.15) is 0 Å². The molecule has 0 aliphatic rings. The van der Waals surface area contributed by atoms with E-state index in [1.165, 1.54) is 0 Å². The minimum atomic E-state index is -1.27. The molecule has 0 bridgehead atoms. The summed E-state index contributed by atoms with van der Waals surface area (Å²) in [5, 5.41) is 10.7. The molecule has 0 amide bonds. The number of hydrogen-bond acceptors (Lipinski definition) is 4. The predicted molar refractivity (Wildman–Crippen MR) is 118 cm³/mol. The molecule has 0 aromatic heterocycles. The molecule has 2 atom stereocenters. The maximum atomic E-state index is 11.8. The van der Waals surface area contributed by atoms with Crippen LogP contribution in [0.15, 0.2) is 60.7 Å². The van der Waals surface area contributed by atoms with Crippen LogP contribution in [0.4, 0.5) is 0 Å². The van der Waals surface area contributed by atoms with Gasteiger partial charge in [0, 0.05) is 16.4 Å². The third-order valence-electron chi connectivity index (χ3n) is 3.24. The fourth-order valence-electron chi connectivity index (χ4n) is 1.91. The summed E-state index contributed by atoms with van der Waals surface area (Å²) in [6, 6.07) is 19.5. The summed E-state index contributed by atoms with van der Waals surface area (Å²) in [7, 11) is -2.28. The SMILES string of the molecule is CC(=O)[O-].CC(C)(C)P(O)c1ccccc1.CC(C)(C)P([O-])c1ccccc1.[Pt+2].